The lowest BCUT2D eigenvalue weighted by atomic mass is 9.99. The van der Waals surface area contributed by atoms with Gasteiger partial charge in [-0.1, -0.05) is 12.1 Å². The van der Waals surface area contributed by atoms with Crippen LogP contribution in [0.2, 0.25) is 0 Å². The van der Waals surface area contributed by atoms with E-state index in [4.69, 9.17) is 9.47 Å². The maximum Gasteiger partial charge on any atom is 0.255 e. The van der Waals surface area contributed by atoms with Gasteiger partial charge < -0.3 is 19.7 Å². The summed E-state index contributed by atoms with van der Waals surface area (Å²) in [6.07, 6.45) is 1.97. The SMILES string of the molecule is COCC(=O)N1CCCC(COc2ccccc2C(=O)NC(C)C)C1. The number of hydrogen-bond acceptors (Lipinski definition) is 4. The van der Waals surface area contributed by atoms with E-state index in [9.17, 15) is 9.59 Å². The van der Waals surface area contributed by atoms with Crippen molar-refractivity contribution in [1.82, 2.24) is 10.2 Å². The van der Waals surface area contributed by atoms with Crippen LogP contribution in [-0.4, -0.2) is 56.2 Å². The van der Waals surface area contributed by atoms with E-state index in [1.54, 1.807) is 6.07 Å². The number of carbonyl (C=O) groups excluding carboxylic acids is 2. The van der Waals surface area contributed by atoms with Crippen LogP contribution in [-0.2, 0) is 9.53 Å². The van der Waals surface area contributed by atoms with Gasteiger partial charge >= 0.3 is 0 Å². The molecule has 25 heavy (non-hydrogen) atoms. The van der Waals surface area contributed by atoms with Crippen molar-refractivity contribution >= 4 is 11.8 Å². The Morgan fingerprint density at radius 1 is 1.32 bits per heavy atom. The maximum atomic E-state index is 12.3. The summed E-state index contributed by atoms with van der Waals surface area (Å²) >= 11 is 0. The number of hydrogen-bond donors (Lipinski definition) is 1. The van der Waals surface area contributed by atoms with Gasteiger partial charge in [0.25, 0.3) is 5.91 Å². The molecular formula is C19H28N2O4. The van der Waals surface area contributed by atoms with Gasteiger partial charge in [-0.15, -0.1) is 0 Å². The molecule has 1 aromatic rings. The number of amides is 2. The molecule has 138 valence electrons. The van der Waals surface area contributed by atoms with Crippen molar-refractivity contribution in [3.05, 3.63) is 29.8 Å². The second kappa shape index (κ2) is 9.42. The summed E-state index contributed by atoms with van der Waals surface area (Å²) < 4.78 is 10.9. The van der Waals surface area contributed by atoms with Gasteiger partial charge in [0.1, 0.15) is 12.4 Å². The van der Waals surface area contributed by atoms with E-state index in [-0.39, 0.29) is 30.4 Å². The van der Waals surface area contributed by atoms with Crippen LogP contribution < -0.4 is 10.1 Å². The minimum atomic E-state index is -0.133. The van der Waals surface area contributed by atoms with Crippen molar-refractivity contribution in [3.8, 4) is 5.75 Å². The Balaban J connectivity index is 1.95. The summed E-state index contributed by atoms with van der Waals surface area (Å²) in [5.41, 5.74) is 0.541. The van der Waals surface area contributed by atoms with Gasteiger partial charge in [-0.2, -0.15) is 0 Å². The number of rotatable bonds is 7. The Hall–Kier alpha value is -2.08. The molecule has 1 saturated heterocycles. The Bertz CT molecular complexity index is 589. The second-order valence-electron chi connectivity index (χ2n) is 6.72. The molecule has 1 heterocycles. The first-order valence-corrected chi connectivity index (χ1v) is 8.80. The molecule has 1 aromatic carbocycles. The van der Waals surface area contributed by atoms with Crippen LogP contribution in [0.5, 0.6) is 5.75 Å². The van der Waals surface area contributed by atoms with Gasteiger partial charge in [-0.05, 0) is 38.8 Å². The first kappa shape index (κ1) is 19.2. The number of likely N-dealkylation sites (tertiary alicyclic amines) is 1. The Morgan fingerprint density at radius 2 is 2.08 bits per heavy atom. The molecule has 2 rings (SSSR count). The van der Waals surface area contributed by atoms with Crippen LogP contribution in [0.3, 0.4) is 0 Å². The summed E-state index contributed by atoms with van der Waals surface area (Å²) in [6.45, 7) is 5.90. The van der Waals surface area contributed by atoms with Crippen molar-refractivity contribution in [2.75, 3.05) is 33.4 Å². The fourth-order valence-electron chi connectivity index (χ4n) is 2.97. The van der Waals surface area contributed by atoms with Gasteiger partial charge in [-0.3, -0.25) is 9.59 Å². The predicted octanol–water partition coefficient (Wildman–Crippen LogP) is 2.09. The van der Waals surface area contributed by atoms with Crippen molar-refractivity contribution in [2.45, 2.75) is 32.7 Å². The van der Waals surface area contributed by atoms with Gasteiger partial charge in [0.15, 0.2) is 0 Å². The maximum absolute atomic E-state index is 12.3. The summed E-state index contributed by atoms with van der Waals surface area (Å²) in [6, 6.07) is 7.33. The van der Waals surface area contributed by atoms with E-state index in [0.717, 1.165) is 19.4 Å². The average molecular weight is 348 g/mol. The van der Waals surface area contributed by atoms with Crippen molar-refractivity contribution in [2.24, 2.45) is 5.92 Å². The fourth-order valence-corrected chi connectivity index (χ4v) is 2.97. The standard InChI is InChI=1S/C19H28N2O4/c1-14(2)20-19(23)16-8-4-5-9-17(16)25-12-15-7-6-10-21(11-15)18(22)13-24-3/h4-5,8-9,14-15H,6-7,10-13H2,1-3H3,(H,20,23). The topological polar surface area (TPSA) is 67.9 Å². The largest absolute Gasteiger partial charge is 0.492 e. The number of benzene rings is 1. The summed E-state index contributed by atoms with van der Waals surface area (Å²) in [5, 5.41) is 2.89. The molecule has 2 amide bonds. The average Bonchev–Trinajstić information content (AvgIpc) is 2.60. The molecule has 1 fully saturated rings. The smallest absolute Gasteiger partial charge is 0.255 e. The zero-order valence-electron chi connectivity index (χ0n) is 15.3. The van der Waals surface area contributed by atoms with Gasteiger partial charge in [-0.25, -0.2) is 0 Å². The number of nitrogens with zero attached hydrogens (tertiary/aromatic N) is 1. The lowest BCUT2D eigenvalue weighted by Gasteiger charge is -2.32. The zero-order valence-corrected chi connectivity index (χ0v) is 15.3. The van der Waals surface area contributed by atoms with Crippen LogP contribution in [0.1, 0.15) is 37.0 Å². The van der Waals surface area contributed by atoms with Gasteiger partial charge in [0, 0.05) is 32.2 Å². The lowest BCUT2D eigenvalue weighted by Crippen LogP contribution is -2.43. The highest BCUT2D eigenvalue weighted by Crippen LogP contribution is 2.22. The van der Waals surface area contributed by atoms with Gasteiger partial charge in [0.2, 0.25) is 5.91 Å². The van der Waals surface area contributed by atoms with Crippen molar-refractivity contribution < 1.29 is 19.1 Å². The normalized spacial score (nSPS) is 17.4. The van der Waals surface area contributed by atoms with Crippen LogP contribution in [0.4, 0.5) is 0 Å². The van der Waals surface area contributed by atoms with E-state index in [1.165, 1.54) is 7.11 Å². The molecular weight excluding hydrogens is 320 g/mol. The molecule has 0 aromatic heterocycles. The molecule has 1 aliphatic rings. The Kier molecular flexibility index (Phi) is 7.25. The third-order valence-corrected chi connectivity index (χ3v) is 4.17. The molecule has 0 aliphatic carbocycles. The highest BCUT2D eigenvalue weighted by molar-refractivity contribution is 5.97. The van der Waals surface area contributed by atoms with Crippen molar-refractivity contribution in [1.29, 1.82) is 0 Å². The van der Waals surface area contributed by atoms with E-state index in [1.807, 2.05) is 36.9 Å². The zero-order chi connectivity index (χ0) is 18.2. The molecule has 1 atom stereocenters. The van der Waals surface area contributed by atoms with Crippen LogP contribution in [0.15, 0.2) is 24.3 Å². The molecule has 0 spiro atoms. The van der Waals surface area contributed by atoms with E-state index < -0.39 is 0 Å². The number of piperidine rings is 1. The first-order valence-electron chi connectivity index (χ1n) is 8.80. The Morgan fingerprint density at radius 3 is 2.80 bits per heavy atom. The van der Waals surface area contributed by atoms with Crippen molar-refractivity contribution in [3.63, 3.8) is 0 Å². The Labute approximate surface area is 149 Å². The van der Waals surface area contributed by atoms with Crippen LogP contribution in [0.25, 0.3) is 0 Å². The van der Waals surface area contributed by atoms with E-state index in [0.29, 0.717) is 24.5 Å². The van der Waals surface area contributed by atoms with Crippen LogP contribution in [0, 0.1) is 5.92 Å². The predicted molar refractivity (Wildman–Crippen MR) is 95.7 cm³/mol. The van der Waals surface area contributed by atoms with E-state index >= 15 is 0 Å². The molecule has 6 heteroatoms. The molecule has 6 nitrogen and oxygen atoms in total. The number of carbonyl (C=O) groups is 2. The quantitative estimate of drug-likeness (QED) is 0.819. The minimum Gasteiger partial charge on any atom is -0.492 e. The number of nitrogens with one attached hydrogen (secondary N) is 1. The highest BCUT2D eigenvalue weighted by atomic mass is 16.5. The molecule has 1 aliphatic heterocycles. The van der Waals surface area contributed by atoms with E-state index in [2.05, 4.69) is 5.32 Å². The molecule has 0 bridgehead atoms. The molecule has 0 saturated carbocycles. The third kappa shape index (κ3) is 5.74. The number of ether oxygens (including phenoxy) is 2. The lowest BCUT2D eigenvalue weighted by molar-refractivity contribution is -0.137. The molecule has 0 radical (unpaired) electrons. The third-order valence-electron chi connectivity index (χ3n) is 4.17. The van der Waals surface area contributed by atoms with Gasteiger partial charge in [0.05, 0.1) is 12.2 Å². The number of methoxy groups -OCH3 is 1. The fraction of sp³-hybridized carbons (Fsp3) is 0.579. The summed E-state index contributed by atoms with van der Waals surface area (Å²) in [4.78, 5) is 26.1. The second-order valence-corrected chi connectivity index (χ2v) is 6.72. The van der Waals surface area contributed by atoms with Crippen LogP contribution >= 0.6 is 0 Å². The summed E-state index contributed by atoms with van der Waals surface area (Å²) in [5.74, 6) is 0.729. The summed E-state index contributed by atoms with van der Waals surface area (Å²) in [7, 11) is 1.53. The first-order chi connectivity index (χ1) is 12.0. The highest BCUT2D eigenvalue weighted by Gasteiger charge is 2.24. The molecule has 1 N–H and O–H groups in total. The number of para-hydroxylation sites is 1. The minimum absolute atomic E-state index is 0.0175. The monoisotopic (exact) mass is 348 g/mol. The molecule has 1 unspecified atom stereocenters.